The topological polar surface area (TPSA) is 25.8 Å². The van der Waals surface area contributed by atoms with E-state index in [2.05, 4.69) is 46.1 Å². The van der Waals surface area contributed by atoms with Crippen molar-refractivity contribution in [2.24, 2.45) is 0 Å². The second-order valence-electron chi connectivity index (χ2n) is 3.12. The Bertz CT molecular complexity index is 262. The van der Waals surface area contributed by atoms with Crippen molar-refractivity contribution < 1.29 is 0 Å². The number of aryl methyl sites for hydroxylation is 1. The van der Waals surface area contributed by atoms with E-state index in [4.69, 9.17) is 0 Å². The number of nitrogens with zero attached hydrogens (tertiary/aromatic N) is 2. The number of hydrogen-bond donors (Lipinski definition) is 0. The van der Waals surface area contributed by atoms with Crippen molar-refractivity contribution in [3.05, 3.63) is 10.8 Å². The first-order valence-corrected chi connectivity index (χ1v) is 6.34. The molecule has 0 spiro atoms. The lowest BCUT2D eigenvalue weighted by molar-refractivity contribution is 0.686. The van der Waals surface area contributed by atoms with E-state index >= 15 is 0 Å². The molecule has 1 aromatic rings. The average Bonchev–Trinajstić information content (AvgIpc) is 2.63. The predicted molar refractivity (Wildman–Crippen MR) is 60.7 cm³/mol. The van der Waals surface area contributed by atoms with E-state index < -0.39 is 0 Å². The molecule has 1 rings (SSSR count). The normalized spacial score (nSPS) is 15.7. The number of hydrogen-bond acceptors (Lipinski definition) is 3. The zero-order chi connectivity index (χ0) is 9.84. The van der Waals surface area contributed by atoms with Gasteiger partial charge in [0.2, 0.25) is 0 Å². The summed E-state index contributed by atoms with van der Waals surface area (Å²) in [6, 6.07) is 0. The second kappa shape index (κ2) is 5.05. The van der Waals surface area contributed by atoms with Crippen LogP contribution < -0.4 is 0 Å². The summed E-state index contributed by atoms with van der Waals surface area (Å²) in [6.07, 6.45) is 2.06. The number of aromatic nitrogens is 2. The zero-order valence-electron chi connectivity index (χ0n) is 8.25. The van der Waals surface area contributed by atoms with Crippen LogP contribution in [0.1, 0.15) is 43.9 Å². The Morgan fingerprint density at radius 1 is 1.46 bits per heavy atom. The Morgan fingerprint density at radius 3 is 2.62 bits per heavy atom. The van der Waals surface area contributed by atoms with Crippen molar-refractivity contribution in [1.29, 1.82) is 0 Å². The zero-order valence-corrected chi connectivity index (χ0v) is 10.7. The van der Waals surface area contributed by atoms with Gasteiger partial charge >= 0.3 is 0 Å². The van der Waals surface area contributed by atoms with E-state index in [0.29, 0.717) is 10.7 Å². The molecular weight excluding hydrogens is 248 g/mol. The Labute approximate surface area is 92.1 Å². The molecule has 0 aliphatic rings. The van der Waals surface area contributed by atoms with Gasteiger partial charge < -0.3 is 0 Å². The summed E-state index contributed by atoms with van der Waals surface area (Å²) in [5.41, 5.74) is 0. The molecule has 0 bridgehead atoms. The molecule has 13 heavy (non-hydrogen) atoms. The first kappa shape index (κ1) is 11.1. The molecule has 0 aromatic carbocycles. The van der Waals surface area contributed by atoms with Gasteiger partial charge in [0.25, 0.3) is 0 Å². The lowest BCUT2D eigenvalue weighted by Gasteiger charge is -2.12. The van der Waals surface area contributed by atoms with Gasteiger partial charge in [-0.05, 0) is 18.0 Å². The van der Waals surface area contributed by atoms with Crippen LogP contribution in [0, 0.1) is 0 Å². The maximum Gasteiger partial charge on any atom is 0.142 e. The van der Waals surface area contributed by atoms with Gasteiger partial charge in [-0.1, -0.05) is 36.7 Å². The van der Waals surface area contributed by atoms with Crippen molar-refractivity contribution >= 4 is 27.5 Å². The Morgan fingerprint density at radius 2 is 2.15 bits per heavy atom. The van der Waals surface area contributed by atoms with E-state index in [1.54, 1.807) is 0 Å². The summed E-state index contributed by atoms with van der Waals surface area (Å²) < 4.78 is 4.28. The summed E-state index contributed by atoms with van der Waals surface area (Å²) >= 11 is 5.18. The van der Waals surface area contributed by atoms with Crippen LogP contribution in [0.5, 0.6) is 0 Å². The third-order valence-corrected chi connectivity index (χ3v) is 4.51. The molecule has 2 nitrogen and oxygen atoms in total. The fourth-order valence-electron chi connectivity index (χ4n) is 1.10. The molecule has 74 valence electrons. The highest BCUT2D eigenvalue weighted by molar-refractivity contribution is 9.09. The van der Waals surface area contributed by atoms with Crippen molar-refractivity contribution in [1.82, 2.24) is 9.36 Å². The van der Waals surface area contributed by atoms with E-state index in [1.807, 2.05) is 0 Å². The van der Waals surface area contributed by atoms with Crippen LogP contribution in [-0.2, 0) is 6.42 Å². The van der Waals surface area contributed by atoms with Gasteiger partial charge in [-0.25, -0.2) is 4.98 Å². The molecule has 0 aliphatic carbocycles. The van der Waals surface area contributed by atoms with Crippen molar-refractivity contribution in [3.63, 3.8) is 0 Å². The van der Waals surface area contributed by atoms with Crippen LogP contribution in [-0.4, -0.2) is 14.2 Å². The Balaban J connectivity index is 2.70. The largest absolute Gasteiger partial charge is 0.224 e. The molecule has 0 radical (unpaired) electrons. The maximum atomic E-state index is 4.48. The molecule has 2 atom stereocenters. The van der Waals surface area contributed by atoms with E-state index in [9.17, 15) is 0 Å². The quantitative estimate of drug-likeness (QED) is 0.778. The summed E-state index contributed by atoms with van der Waals surface area (Å²) in [6.45, 7) is 6.46. The molecule has 0 saturated heterocycles. The summed E-state index contributed by atoms with van der Waals surface area (Å²) in [4.78, 5) is 4.99. The lowest BCUT2D eigenvalue weighted by Crippen LogP contribution is -2.07. The molecule has 4 heteroatoms. The van der Waals surface area contributed by atoms with E-state index in [0.717, 1.165) is 23.7 Å². The van der Waals surface area contributed by atoms with Gasteiger partial charge in [0.1, 0.15) is 10.8 Å². The molecule has 2 unspecified atom stereocenters. The molecule has 0 N–H and O–H groups in total. The van der Waals surface area contributed by atoms with Crippen molar-refractivity contribution in [2.45, 2.75) is 44.4 Å². The monoisotopic (exact) mass is 262 g/mol. The summed E-state index contributed by atoms with van der Waals surface area (Å²) in [5.74, 6) is 1.45. The summed E-state index contributed by atoms with van der Waals surface area (Å²) in [7, 11) is 0. The van der Waals surface area contributed by atoms with Crippen LogP contribution in [0.25, 0.3) is 0 Å². The fraction of sp³-hybridized carbons (Fsp3) is 0.778. The molecule has 1 aromatic heterocycles. The average molecular weight is 263 g/mol. The molecule has 0 fully saturated rings. The maximum absolute atomic E-state index is 4.48. The van der Waals surface area contributed by atoms with Gasteiger partial charge in [0, 0.05) is 17.2 Å². The fourth-order valence-corrected chi connectivity index (χ4v) is 2.38. The standard InChI is InChI=1S/C9H15BrN2S/c1-4-7(10)6(3)9-11-8(5-2)12-13-9/h6-7H,4-5H2,1-3H3. The van der Waals surface area contributed by atoms with Crippen LogP contribution in [0.2, 0.25) is 0 Å². The van der Waals surface area contributed by atoms with Crippen molar-refractivity contribution in [2.75, 3.05) is 0 Å². The van der Waals surface area contributed by atoms with Gasteiger partial charge in [0.15, 0.2) is 0 Å². The number of halogens is 1. The van der Waals surface area contributed by atoms with Crippen LogP contribution in [0.4, 0.5) is 0 Å². The molecule has 1 heterocycles. The Kier molecular flexibility index (Phi) is 4.32. The van der Waals surface area contributed by atoms with Gasteiger partial charge in [0.05, 0.1) is 0 Å². The Hall–Kier alpha value is 0.0400. The molecule has 0 amide bonds. The minimum Gasteiger partial charge on any atom is -0.224 e. The predicted octanol–water partition coefficient (Wildman–Crippen LogP) is 3.38. The van der Waals surface area contributed by atoms with Gasteiger partial charge in [-0.2, -0.15) is 4.37 Å². The second-order valence-corrected chi connectivity index (χ2v) is 5.07. The minimum atomic E-state index is 0.475. The van der Waals surface area contributed by atoms with E-state index in [-0.39, 0.29) is 0 Å². The molecular formula is C9H15BrN2S. The minimum absolute atomic E-state index is 0.475. The first-order chi connectivity index (χ1) is 6.19. The SMILES string of the molecule is CCc1nsc(C(C)C(Br)CC)n1. The van der Waals surface area contributed by atoms with Gasteiger partial charge in [-0.15, -0.1) is 0 Å². The van der Waals surface area contributed by atoms with Crippen molar-refractivity contribution in [3.8, 4) is 0 Å². The highest BCUT2D eigenvalue weighted by Crippen LogP contribution is 2.27. The van der Waals surface area contributed by atoms with Crippen LogP contribution in [0.3, 0.4) is 0 Å². The third-order valence-electron chi connectivity index (χ3n) is 2.12. The summed E-state index contributed by atoms with van der Waals surface area (Å²) in [5, 5.41) is 1.15. The highest BCUT2D eigenvalue weighted by atomic mass is 79.9. The van der Waals surface area contributed by atoms with Crippen LogP contribution >= 0.6 is 27.5 Å². The number of rotatable bonds is 4. The lowest BCUT2D eigenvalue weighted by atomic mass is 10.1. The molecule has 0 aliphatic heterocycles. The number of alkyl halides is 1. The first-order valence-electron chi connectivity index (χ1n) is 4.65. The molecule has 0 saturated carbocycles. The van der Waals surface area contributed by atoms with E-state index in [1.165, 1.54) is 11.5 Å². The van der Waals surface area contributed by atoms with Gasteiger partial charge in [-0.3, -0.25) is 0 Å². The highest BCUT2D eigenvalue weighted by Gasteiger charge is 2.17. The van der Waals surface area contributed by atoms with Crippen LogP contribution in [0.15, 0.2) is 0 Å². The smallest absolute Gasteiger partial charge is 0.142 e. The third kappa shape index (κ3) is 2.74.